The van der Waals surface area contributed by atoms with Crippen LogP contribution in [-0.2, 0) is 20.0 Å². The van der Waals surface area contributed by atoms with E-state index in [-0.39, 0.29) is 31.8 Å². The summed E-state index contributed by atoms with van der Waals surface area (Å²) < 4.78 is 56.0. The van der Waals surface area contributed by atoms with Gasteiger partial charge in [-0.05, 0) is 67.4 Å². The van der Waals surface area contributed by atoms with Crippen molar-refractivity contribution in [1.29, 1.82) is 0 Å². The van der Waals surface area contributed by atoms with E-state index in [1.54, 1.807) is 24.3 Å². The molecule has 0 bridgehead atoms. The molecule has 3 aromatic carbocycles. The lowest BCUT2D eigenvalue weighted by Crippen LogP contribution is -2.28. The van der Waals surface area contributed by atoms with E-state index >= 15 is 0 Å². The predicted molar refractivity (Wildman–Crippen MR) is 139 cm³/mol. The summed E-state index contributed by atoms with van der Waals surface area (Å²) in [7, 11) is -7.68. The summed E-state index contributed by atoms with van der Waals surface area (Å²) in [6.45, 7) is 0.886. The largest absolute Gasteiger partial charge is 0.321 e. The van der Waals surface area contributed by atoms with E-state index in [2.05, 4.69) is 26.0 Å². The maximum absolute atomic E-state index is 13.1. The molecule has 1 fully saturated rings. The van der Waals surface area contributed by atoms with Crippen molar-refractivity contribution >= 4 is 64.9 Å². The fourth-order valence-corrected chi connectivity index (χ4v) is 6.67. The summed E-state index contributed by atoms with van der Waals surface area (Å²) in [6, 6.07) is 16.2. The van der Waals surface area contributed by atoms with Crippen LogP contribution >= 0.6 is 27.5 Å². The first-order valence-electron chi connectivity index (χ1n) is 10.6. The van der Waals surface area contributed by atoms with Crippen molar-refractivity contribution in [3.05, 3.63) is 81.8 Å². The Labute approximate surface area is 217 Å². The minimum atomic E-state index is -3.96. The van der Waals surface area contributed by atoms with Gasteiger partial charge >= 0.3 is 0 Å². The van der Waals surface area contributed by atoms with Gasteiger partial charge < -0.3 is 5.32 Å². The summed E-state index contributed by atoms with van der Waals surface area (Å²) in [4.78, 5) is 13.1. The quantitative estimate of drug-likeness (QED) is 0.400. The van der Waals surface area contributed by atoms with Crippen LogP contribution in [0, 0.1) is 0 Å². The van der Waals surface area contributed by atoms with Gasteiger partial charge in [0.1, 0.15) is 0 Å². The first kappa shape index (κ1) is 25.6. The molecule has 0 aromatic heterocycles. The van der Waals surface area contributed by atoms with Gasteiger partial charge in [0.2, 0.25) is 10.0 Å². The van der Waals surface area contributed by atoms with E-state index < -0.39 is 26.0 Å². The molecule has 1 aliphatic heterocycles. The van der Waals surface area contributed by atoms with Crippen molar-refractivity contribution in [2.24, 2.45) is 0 Å². The Hall–Kier alpha value is -2.44. The minimum absolute atomic E-state index is 0.0170. The Morgan fingerprint density at radius 3 is 2.17 bits per heavy atom. The fourth-order valence-electron chi connectivity index (χ4n) is 3.62. The van der Waals surface area contributed by atoms with Crippen LogP contribution in [0.2, 0.25) is 5.02 Å². The van der Waals surface area contributed by atoms with Crippen molar-refractivity contribution in [2.45, 2.75) is 22.6 Å². The highest BCUT2D eigenvalue weighted by atomic mass is 79.9. The van der Waals surface area contributed by atoms with Gasteiger partial charge in [0.15, 0.2) is 0 Å². The maximum Gasteiger partial charge on any atom is 0.261 e. The number of halogens is 2. The third-order valence-corrected chi connectivity index (χ3v) is 9.56. The average molecular weight is 599 g/mol. The molecule has 12 heteroatoms. The summed E-state index contributed by atoms with van der Waals surface area (Å²) >= 11 is 9.50. The second-order valence-corrected chi connectivity index (χ2v) is 12.8. The van der Waals surface area contributed by atoms with Gasteiger partial charge in [-0.25, -0.2) is 16.8 Å². The van der Waals surface area contributed by atoms with E-state index in [1.165, 1.54) is 46.8 Å². The lowest BCUT2D eigenvalue weighted by atomic mass is 10.1. The molecule has 0 spiro atoms. The van der Waals surface area contributed by atoms with E-state index in [0.29, 0.717) is 13.1 Å². The van der Waals surface area contributed by atoms with Crippen LogP contribution in [0.4, 0.5) is 11.4 Å². The molecule has 1 aliphatic rings. The number of nitrogens with one attached hydrogen (secondary N) is 2. The summed E-state index contributed by atoms with van der Waals surface area (Å²) in [6.07, 6.45) is 1.59. The number of sulfonamides is 2. The second-order valence-electron chi connectivity index (χ2n) is 7.81. The van der Waals surface area contributed by atoms with Gasteiger partial charge in [-0.15, -0.1) is 0 Å². The summed E-state index contributed by atoms with van der Waals surface area (Å²) in [5.74, 6) is -0.656. The number of hydrogen-bond donors (Lipinski definition) is 2. The number of benzene rings is 3. The molecule has 1 saturated heterocycles. The van der Waals surface area contributed by atoms with Crippen molar-refractivity contribution in [3.8, 4) is 0 Å². The zero-order valence-electron chi connectivity index (χ0n) is 18.2. The van der Waals surface area contributed by atoms with Gasteiger partial charge in [0.25, 0.3) is 15.9 Å². The zero-order valence-corrected chi connectivity index (χ0v) is 22.2. The zero-order chi connectivity index (χ0) is 25.2. The van der Waals surface area contributed by atoms with E-state index in [1.807, 2.05) is 0 Å². The van der Waals surface area contributed by atoms with Gasteiger partial charge in [0, 0.05) is 17.6 Å². The topological polar surface area (TPSA) is 113 Å². The lowest BCUT2D eigenvalue weighted by Gasteiger charge is -2.17. The van der Waals surface area contributed by atoms with Gasteiger partial charge in [-0.2, -0.15) is 4.31 Å². The molecule has 0 radical (unpaired) electrons. The Balaban J connectivity index is 1.60. The van der Waals surface area contributed by atoms with Crippen LogP contribution in [0.1, 0.15) is 23.2 Å². The number of carbonyl (C=O) groups excluding carboxylic acids is 1. The predicted octanol–water partition coefficient (Wildman–Crippen LogP) is 4.94. The van der Waals surface area contributed by atoms with Crippen LogP contribution in [-0.4, -0.2) is 40.1 Å². The molecule has 0 aliphatic carbocycles. The molecule has 2 N–H and O–H groups in total. The summed E-state index contributed by atoms with van der Waals surface area (Å²) in [5, 5.41) is 2.75. The van der Waals surface area contributed by atoms with Crippen LogP contribution in [0.3, 0.4) is 0 Å². The third-order valence-electron chi connectivity index (χ3n) is 5.43. The molecule has 8 nitrogen and oxygen atoms in total. The Morgan fingerprint density at radius 2 is 1.49 bits per heavy atom. The van der Waals surface area contributed by atoms with Crippen LogP contribution in [0.15, 0.2) is 81.0 Å². The number of rotatable bonds is 7. The molecule has 35 heavy (non-hydrogen) atoms. The van der Waals surface area contributed by atoms with E-state index in [9.17, 15) is 21.6 Å². The molecule has 1 heterocycles. The molecule has 0 unspecified atom stereocenters. The molecule has 4 rings (SSSR count). The highest BCUT2D eigenvalue weighted by Gasteiger charge is 2.28. The van der Waals surface area contributed by atoms with Crippen LogP contribution in [0.5, 0.6) is 0 Å². The Morgan fingerprint density at radius 1 is 0.857 bits per heavy atom. The molecule has 3 aromatic rings. The van der Waals surface area contributed by atoms with Crippen molar-refractivity contribution in [3.63, 3.8) is 0 Å². The monoisotopic (exact) mass is 597 g/mol. The third kappa shape index (κ3) is 5.70. The standard InChI is InChI=1S/C23H21BrClN3O5S2/c24-16-7-9-17(10-8-16)34(30,31)27-21-6-2-1-5-19(21)23(29)26-22-15-18(11-12-20(22)25)35(32,33)28-13-3-4-14-28/h1-2,5-12,15,27H,3-4,13-14H2,(H,26,29). The second kappa shape index (κ2) is 10.3. The molecule has 0 atom stereocenters. The minimum Gasteiger partial charge on any atom is -0.321 e. The molecule has 184 valence electrons. The van der Waals surface area contributed by atoms with Crippen molar-refractivity contribution < 1.29 is 21.6 Å². The van der Waals surface area contributed by atoms with Crippen LogP contribution in [0.25, 0.3) is 0 Å². The molecule has 0 saturated carbocycles. The normalized spacial score (nSPS) is 14.6. The lowest BCUT2D eigenvalue weighted by molar-refractivity contribution is 0.102. The summed E-state index contributed by atoms with van der Waals surface area (Å²) in [5.41, 5.74) is 0.199. The fraction of sp³-hybridized carbons (Fsp3) is 0.174. The number of carbonyl (C=O) groups is 1. The average Bonchev–Trinajstić information content (AvgIpc) is 3.37. The number of para-hydroxylation sites is 1. The smallest absolute Gasteiger partial charge is 0.261 e. The van der Waals surface area contributed by atoms with Crippen molar-refractivity contribution in [2.75, 3.05) is 23.1 Å². The number of hydrogen-bond acceptors (Lipinski definition) is 5. The van der Waals surface area contributed by atoms with Gasteiger partial charge in [-0.3, -0.25) is 9.52 Å². The number of amides is 1. The van der Waals surface area contributed by atoms with E-state index in [0.717, 1.165) is 17.3 Å². The number of nitrogens with zero attached hydrogens (tertiary/aromatic N) is 1. The maximum atomic E-state index is 13.1. The molecular formula is C23H21BrClN3O5S2. The molecular weight excluding hydrogens is 578 g/mol. The highest BCUT2D eigenvalue weighted by Crippen LogP contribution is 2.30. The Bertz CT molecular complexity index is 1470. The van der Waals surface area contributed by atoms with Crippen LogP contribution < -0.4 is 10.0 Å². The van der Waals surface area contributed by atoms with Crippen molar-refractivity contribution in [1.82, 2.24) is 4.31 Å². The first-order chi connectivity index (χ1) is 16.6. The first-order valence-corrected chi connectivity index (χ1v) is 14.7. The Kier molecular flexibility index (Phi) is 7.53. The molecule has 1 amide bonds. The highest BCUT2D eigenvalue weighted by molar-refractivity contribution is 9.10. The number of anilines is 2. The van der Waals surface area contributed by atoms with Gasteiger partial charge in [0.05, 0.1) is 31.8 Å². The van der Waals surface area contributed by atoms with E-state index in [4.69, 9.17) is 11.6 Å². The van der Waals surface area contributed by atoms with Gasteiger partial charge in [-0.1, -0.05) is 39.7 Å². The SMILES string of the molecule is O=C(Nc1cc(S(=O)(=O)N2CCCC2)ccc1Cl)c1ccccc1NS(=O)(=O)c1ccc(Br)cc1.